The Hall–Kier alpha value is -1.92. The zero-order valence-corrected chi connectivity index (χ0v) is 12.2. The molecule has 6 heteroatoms. The van der Waals surface area contributed by atoms with Crippen molar-refractivity contribution in [2.75, 3.05) is 39.9 Å². The Morgan fingerprint density at radius 2 is 2.00 bits per heavy atom. The van der Waals surface area contributed by atoms with Crippen LogP contribution in [0.25, 0.3) is 0 Å². The summed E-state index contributed by atoms with van der Waals surface area (Å²) in [7, 11) is 1.61. The number of nitrogens with two attached hydrogens (primary N) is 1. The maximum Gasteiger partial charge on any atom is 0.254 e. The first kappa shape index (κ1) is 15.5. The van der Waals surface area contributed by atoms with E-state index in [4.69, 9.17) is 10.5 Å². The van der Waals surface area contributed by atoms with Crippen LogP contribution in [0.3, 0.4) is 0 Å². The number of methoxy groups -OCH3 is 1. The van der Waals surface area contributed by atoms with Gasteiger partial charge in [0.15, 0.2) is 0 Å². The minimum Gasteiger partial charge on any atom is -0.383 e. The molecule has 1 saturated heterocycles. The van der Waals surface area contributed by atoms with Crippen molar-refractivity contribution in [3.63, 3.8) is 0 Å². The predicted molar refractivity (Wildman–Crippen MR) is 78.7 cm³/mol. The lowest BCUT2D eigenvalue weighted by atomic mass is 10.1. The number of ether oxygens (including phenoxy) is 1. The summed E-state index contributed by atoms with van der Waals surface area (Å²) in [6.07, 6.45) is 0. The zero-order valence-electron chi connectivity index (χ0n) is 12.2. The van der Waals surface area contributed by atoms with Crippen molar-refractivity contribution in [3.05, 3.63) is 35.4 Å². The molecule has 1 fully saturated rings. The number of hydrogen-bond acceptors (Lipinski definition) is 4. The maximum atomic E-state index is 12.4. The molecule has 21 heavy (non-hydrogen) atoms. The zero-order chi connectivity index (χ0) is 15.2. The van der Waals surface area contributed by atoms with Crippen molar-refractivity contribution in [2.45, 2.75) is 6.54 Å². The molecule has 1 aromatic rings. The fourth-order valence-corrected chi connectivity index (χ4v) is 2.29. The van der Waals surface area contributed by atoms with E-state index >= 15 is 0 Å². The maximum absolute atomic E-state index is 12.4. The van der Waals surface area contributed by atoms with Crippen LogP contribution in [0.15, 0.2) is 24.3 Å². The molecular formula is C15H21N3O3. The molecule has 1 aliphatic rings. The van der Waals surface area contributed by atoms with Gasteiger partial charge in [-0.25, -0.2) is 0 Å². The monoisotopic (exact) mass is 291 g/mol. The van der Waals surface area contributed by atoms with Gasteiger partial charge in [0.25, 0.3) is 5.91 Å². The first-order valence-corrected chi connectivity index (χ1v) is 7.00. The largest absolute Gasteiger partial charge is 0.383 e. The summed E-state index contributed by atoms with van der Waals surface area (Å²) in [6.45, 7) is 2.76. The van der Waals surface area contributed by atoms with Gasteiger partial charge >= 0.3 is 0 Å². The summed E-state index contributed by atoms with van der Waals surface area (Å²) in [5, 5.41) is 0. The van der Waals surface area contributed by atoms with Crippen LogP contribution in [0.1, 0.15) is 15.9 Å². The van der Waals surface area contributed by atoms with Gasteiger partial charge in [0, 0.05) is 38.9 Å². The number of carbonyl (C=O) groups is 2. The van der Waals surface area contributed by atoms with Gasteiger partial charge in [0.05, 0.1) is 6.61 Å². The number of nitrogens with zero attached hydrogens (tertiary/aromatic N) is 2. The molecule has 2 N–H and O–H groups in total. The molecule has 0 unspecified atom stereocenters. The third-order valence-electron chi connectivity index (χ3n) is 3.61. The molecule has 0 radical (unpaired) electrons. The summed E-state index contributed by atoms with van der Waals surface area (Å²) >= 11 is 0. The fourth-order valence-electron chi connectivity index (χ4n) is 2.29. The van der Waals surface area contributed by atoms with Crippen LogP contribution in [0.5, 0.6) is 0 Å². The first-order valence-electron chi connectivity index (χ1n) is 7.00. The Labute approximate surface area is 124 Å². The Morgan fingerprint density at radius 1 is 1.29 bits per heavy atom. The van der Waals surface area contributed by atoms with Gasteiger partial charge in [0.2, 0.25) is 5.91 Å². The smallest absolute Gasteiger partial charge is 0.254 e. The van der Waals surface area contributed by atoms with Crippen molar-refractivity contribution in [2.24, 2.45) is 5.73 Å². The third-order valence-corrected chi connectivity index (χ3v) is 3.61. The van der Waals surface area contributed by atoms with Gasteiger partial charge in [0.1, 0.15) is 6.54 Å². The van der Waals surface area contributed by atoms with Crippen LogP contribution in [0, 0.1) is 0 Å². The van der Waals surface area contributed by atoms with E-state index in [0.717, 1.165) is 5.56 Å². The Balaban J connectivity index is 1.96. The summed E-state index contributed by atoms with van der Waals surface area (Å²) in [4.78, 5) is 27.7. The molecule has 1 heterocycles. The quantitative estimate of drug-likeness (QED) is 0.833. The third kappa shape index (κ3) is 3.80. The van der Waals surface area contributed by atoms with Crippen LogP contribution in [-0.4, -0.2) is 61.5 Å². The SMILES string of the molecule is COCCN1CCN(C(=O)c2ccc(CN)cc2)CC1=O. The van der Waals surface area contributed by atoms with Gasteiger partial charge < -0.3 is 20.3 Å². The number of rotatable bonds is 5. The molecule has 0 aliphatic carbocycles. The molecule has 2 rings (SSSR count). The number of amides is 2. The van der Waals surface area contributed by atoms with Gasteiger partial charge in [-0.15, -0.1) is 0 Å². The second-order valence-electron chi connectivity index (χ2n) is 5.00. The summed E-state index contributed by atoms with van der Waals surface area (Å²) in [5.41, 5.74) is 7.10. The molecular weight excluding hydrogens is 270 g/mol. The Kier molecular flexibility index (Phi) is 5.30. The molecule has 0 atom stereocenters. The van der Waals surface area contributed by atoms with E-state index in [-0.39, 0.29) is 18.4 Å². The molecule has 0 spiro atoms. The summed E-state index contributed by atoms with van der Waals surface area (Å²) in [5.74, 6) is -0.149. The average Bonchev–Trinajstić information content (AvgIpc) is 2.53. The highest BCUT2D eigenvalue weighted by Crippen LogP contribution is 2.11. The predicted octanol–water partition coefficient (Wildman–Crippen LogP) is 0.0761. The second-order valence-corrected chi connectivity index (χ2v) is 5.00. The van der Waals surface area contributed by atoms with Gasteiger partial charge in [-0.05, 0) is 17.7 Å². The normalized spacial score (nSPS) is 15.4. The van der Waals surface area contributed by atoms with E-state index in [1.54, 1.807) is 29.0 Å². The average molecular weight is 291 g/mol. The molecule has 114 valence electrons. The lowest BCUT2D eigenvalue weighted by Crippen LogP contribution is -2.52. The van der Waals surface area contributed by atoms with E-state index in [1.165, 1.54) is 0 Å². The van der Waals surface area contributed by atoms with E-state index < -0.39 is 0 Å². The first-order chi connectivity index (χ1) is 10.2. The van der Waals surface area contributed by atoms with E-state index in [0.29, 0.717) is 38.3 Å². The number of hydrogen-bond donors (Lipinski definition) is 1. The minimum absolute atomic E-state index is 0.0368. The van der Waals surface area contributed by atoms with Crippen LogP contribution in [0.2, 0.25) is 0 Å². The molecule has 0 aromatic heterocycles. The summed E-state index contributed by atoms with van der Waals surface area (Å²) in [6, 6.07) is 7.19. The Morgan fingerprint density at radius 3 is 2.57 bits per heavy atom. The molecule has 1 aromatic carbocycles. The van der Waals surface area contributed by atoms with Crippen LogP contribution >= 0.6 is 0 Å². The van der Waals surface area contributed by atoms with Gasteiger partial charge in [-0.3, -0.25) is 9.59 Å². The van der Waals surface area contributed by atoms with Crippen molar-refractivity contribution in [3.8, 4) is 0 Å². The van der Waals surface area contributed by atoms with Gasteiger partial charge in [-0.1, -0.05) is 12.1 Å². The van der Waals surface area contributed by atoms with Crippen molar-refractivity contribution >= 4 is 11.8 Å². The fraction of sp³-hybridized carbons (Fsp3) is 0.467. The minimum atomic E-state index is -0.113. The van der Waals surface area contributed by atoms with Gasteiger partial charge in [-0.2, -0.15) is 0 Å². The highest BCUT2D eigenvalue weighted by Gasteiger charge is 2.27. The molecule has 6 nitrogen and oxygen atoms in total. The van der Waals surface area contributed by atoms with E-state index in [1.807, 2.05) is 12.1 Å². The topological polar surface area (TPSA) is 75.9 Å². The number of benzene rings is 1. The molecule has 1 aliphatic heterocycles. The second kappa shape index (κ2) is 7.19. The molecule has 2 amide bonds. The van der Waals surface area contributed by atoms with E-state index in [2.05, 4.69) is 0 Å². The summed E-state index contributed by atoms with van der Waals surface area (Å²) < 4.78 is 4.97. The lowest BCUT2D eigenvalue weighted by molar-refractivity contribution is -0.135. The highest BCUT2D eigenvalue weighted by molar-refractivity contribution is 5.97. The van der Waals surface area contributed by atoms with Crippen LogP contribution < -0.4 is 5.73 Å². The number of piperazine rings is 1. The molecule has 0 bridgehead atoms. The molecule has 0 saturated carbocycles. The van der Waals surface area contributed by atoms with Crippen molar-refractivity contribution in [1.82, 2.24) is 9.80 Å². The highest BCUT2D eigenvalue weighted by atomic mass is 16.5. The van der Waals surface area contributed by atoms with Crippen molar-refractivity contribution < 1.29 is 14.3 Å². The number of carbonyl (C=O) groups excluding carboxylic acids is 2. The standard InChI is InChI=1S/C15H21N3O3/c1-21-9-8-17-6-7-18(11-14(17)19)15(20)13-4-2-12(10-16)3-5-13/h2-5H,6-11,16H2,1H3. The van der Waals surface area contributed by atoms with E-state index in [9.17, 15) is 9.59 Å². The Bertz CT molecular complexity index is 501. The van der Waals surface area contributed by atoms with Crippen LogP contribution in [-0.2, 0) is 16.1 Å². The lowest BCUT2D eigenvalue weighted by Gasteiger charge is -2.34. The van der Waals surface area contributed by atoms with Crippen LogP contribution in [0.4, 0.5) is 0 Å². The van der Waals surface area contributed by atoms with Crippen molar-refractivity contribution in [1.29, 1.82) is 0 Å².